The minimum atomic E-state index is 1.08. The predicted octanol–water partition coefficient (Wildman–Crippen LogP) is 1.11. The lowest BCUT2D eigenvalue weighted by atomic mass is 10.2. The molecule has 0 aliphatic carbocycles. The van der Waals surface area contributed by atoms with Crippen molar-refractivity contribution < 1.29 is 0 Å². The first-order valence-electron chi connectivity index (χ1n) is 3.21. The fourth-order valence-electron chi connectivity index (χ4n) is 0.791. The van der Waals surface area contributed by atoms with Crippen LogP contribution in [0.4, 0.5) is 0 Å². The summed E-state index contributed by atoms with van der Waals surface area (Å²) in [6.07, 6.45) is 4.98. The summed E-state index contributed by atoms with van der Waals surface area (Å²) in [6.45, 7) is 1.08. The highest BCUT2D eigenvalue weighted by Crippen LogP contribution is 1.98. The fraction of sp³-hybridized carbons (Fsp3) is 0.714. The molecule has 0 fully saturated rings. The zero-order valence-corrected chi connectivity index (χ0v) is 5.04. The highest BCUT2D eigenvalue weighted by molar-refractivity contribution is 4.97. The first kappa shape index (κ1) is 5.50. The molecular formula is C7H11N. The van der Waals surface area contributed by atoms with E-state index in [9.17, 15) is 0 Å². The lowest BCUT2D eigenvalue weighted by molar-refractivity contribution is 0.661. The van der Waals surface area contributed by atoms with Crippen LogP contribution in [0.15, 0.2) is 0 Å². The van der Waals surface area contributed by atoms with Crippen molar-refractivity contribution in [2.75, 3.05) is 6.54 Å². The molecule has 8 heavy (non-hydrogen) atoms. The van der Waals surface area contributed by atoms with E-state index in [4.69, 9.17) is 0 Å². The van der Waals surface area contributed by atoms with E-state index in [1.54, 1.807) is 0 Å². The monoisotopic (exact) mass is 109 g/mol. The maximum absolute atomic E-state index is 3.03. The first-order valence-corrected chi connectivity index (χ1v) is 3.21. The van der Waals surface area contributed by atoms with Crippen LogP contribution in [0.1, 0.15) is 25.7 Å². The van der Waals surface area contributed by atoms with Crippen LogP contribution in [-0.2, 0) is 0 Å². The van der Waals surface area contributed by atoms with Crippen molar-refractivity contribution in [3.05, 3.63) is 0 Å². The van der Waals surface area contributed by atoms with Gasteiger partial charge in [0.05, 0.1) is 0 Å². The van der Waals surface area contributed by atoms with E-state index in [-0.39, 0.29) is 0 Å². The topological polar surface area (TPSA) is 12.0 Å². The minimum Gasteiger partial charge on any atom is -0.346 e. The molecule has 1 aliphatic heterocycles. The molecule has 0 radical (unpaired) electrons. The van der Waals surface area contributed by atoms with Gasteiger partial charge in [-0.15, -0.1) is 0 Å². The summed E-state index contributed by atoms with van der Waals surface area (Å²) in [7, 11) is 0. The van der Waals surface area contributed by atoms with Crippen LogP contribution in [0, 0.1) is 12.0 Å². The Bertz CT molecular complexity index is 95.3. The summed E-state index contributed by atoms with van der Waals surface area (Å²) in [6, 6.07) is 2.89. The molecule has 1 nitrogen and oxygen atoms in total. The minimum absolute atomic E-state index is 1.08. The van der Waals surface area contributed by atoms with Gasteiger partial charge in [0.25, 0.3) is 0 Å². The SMILES string of the molecule is C1#CNCCCCC1. The van der Waals surface area contributed by atoms with Crippen molar-refractivity contribution in [3.63, 3.8) is 0 Å². The Labute approximate surface area is 50.5 Å². The Morgan fingerprint density at radius 1 is 1.12 bits per heavy atom. The van der Waals surface area contributed by atoms with Gasteiger partial charge in [0, 0.05) is 19.0 Å². The van der Waals surface area contributed by atoms with Crippen LogP contribution in [0.2, 0.25) is 0 Å². The second kappa shape index (κ2) is 3.37. The highest BCUT2D eigenvalue weighted by Gasteiger charge is 1.88. The smallest absolute Gasteiger partial charge is 0.0229 e. The lowest BCUT2D eigenvalue weighted by Crippen LogP contribution is -2.08. The molecule has 0 aromatic carbocycles. The van der Waals surface area contributed by atoms with Crippen LogP contribution in [0.5, 0.6) is 0 Å². The molecule has 1 aliphatic rings. The average Bonchev–Trinajstić information content (AvgIpc) is 1.62. The summed E-state index contributed by atoms with van der Waals surface area (Å²) in [4.78, 5) is 0. The number of rotatable bonds is 0. The Kier molecular flexibility index (Phi) is 2.32. The van der Waals surface area contributed by atoms with Crippen molar-refractivity contribution in [2.45, 2.75) is 25.7 Å². The van der Waals surface area contributed by atoms with Crippen LogP contribution in [-0.4, -0.2) is 6.54 Å². The van der Waals surface area contributed by atoms with Crippen molar-refractivity contribution >= 4 is 0 Å². The molecule has 1 N–H and O–H groups in total. The van der Waals surface area contributed by atoms with E-state index >= 15 is 0 Å². The van der Waals surface area contributed by atoms with Crippen LogP contribution in [0.3, 0.4) is 0 Å². The Hall–Kier alpha value is -0.640. The van der Waals surface area contributed by atoms with Gasteiger partial charge in [0.2, 0.25) is 0 Å². The standard InChI is InChI=1S/C7H11N/c1-2-4-6-8-7-5-3-1/h8H,1-4,6H2. The molecule has 0 saturated heterocycles. The maximum Gasteiger partial charge on any atom is 0.0229 e. The lowest BCUT2D eigenvalue weighted by Gasteiger charge is -1.99. The van der Waals surface area contributed by atoms with E-state index < -0.39 is 0 Å². The van der Waals surface area contributed by atoms with E-state index in [0.717, 1.165) is 13.0 Å². The molecule has 0 amide bonds. The summed E-state index contributed by atoms with van der Waals surface area (Å²) in [5, 5.41) is 3.03. The molecule has 0 aromatic heterocycles. The molecular weight excluding hydrogens is 98.1 g/mol. The van der Waals surface area contributed by atoms with Gasteiger partial charge in [-0.1, -0.05) is 12.3 Å². The average molecular weight is 109 g/mol. The van der Waals surface area contributed by atoms with Gasteiger partial charge in [-0.25, -0.2) is 0 Å². The molecule has 0 unspecified atom stereocenters. The van der Waals surface area contributed by atoms with Crippen molar-refractivity contribution in [3.8, 4) is 12.0 Å². The van der Waals surface area contributed by atoms with Gasteiger partial charge >= 0.3 is 0 Å². The molecule has 0 spiro atoms. The van der Waals surface area contributed by atoms with Crippen LogP contribution in [0.25, 0.3) is 0 Å². The fourth-order valence-corrected chi connectivity index (χ4v) is 0.791. The zero-order valence-electron chi connectivity index (χ0n) is 5.04. The maximum atomic E-state index is 3.03. The van der Waals surface area contributed by atoms with E-state index in [1.165, 1.54) is 19.3 Å². The molecule has 0 aromatic rings. The first-order chi connectivity index (χ1) is 4.00. The van der Waals surface area contributed by atoms with E-state index in [2.05, 4.69) is 17.3 Å². The molecule has 0 saturated carbocycles. The third-order valence-corrected chi connectivity index (χ3v) is 1.28. The van der Waals surface area contributed by atoms with Gasteiger partial charge in [0.1, 0.15) is 0 Å². The van der Waals surface area contributed by atoms with Crippen molar-refractivity contribution in [1.82, 2.24) is 5.32 Å². The number of nitrogens with one attached hydrogen (secondary N) is 1. The highest BCUT2D eigenvalue weighted by atomic mass is 14.8. The third-order valence-electron chi connectivity index (χ3n) is 1.28. The van der Waals surface area contributed by atoms with Crippen LogP contribution >= 0.6 is 0 Å². The second-order valence-corrected chi connectivity index (χ2v) is 2.04. The van der Waals surface area contributed by atoms with Gasteiger partial charge in [-0.05, 0) is 12.8 Å². The van der Waals surface area contributed by atoms with E-state index in [1.807, 2.05) is 0 Å². The molecule has 0 bridgehead atoms. The quantitative estimate of drug-likeness (QED) is 0.459. The molecule has 0 atom stereocenters. The van der Waals surface area contributed by atoms with E-state index in [0.29, 0.717) is 0 Å². The summed E-state index contributed by atoms with van der Waals surface area (Å²) >= 11 is 0. The van der Waals surface area contributed by atoms with Crippen molar-refractivity contribution in [1.29, 1.82) is 0 Å². The molecule has 1 heteroatoms. The Balaban J connectivity index is 2.24. The normalized spacial score (nSPS) is 19.0. The van der Waals surface area contributed by atoms with Crippen molar-refractivity contribution in [2.24, 2.45) is 0 Å². The summed E-state index contributed by atoms with van der Waals surface area (Å²) < 4.78 is 0. The Morgan fingerprint density at radius 3 is 3.12 bits per heavy atom. The molecule has 1 rings (SSSR count). The van der Waals surface area contributed by atoms with Gasteiger partial charge in [-0.2, -0.15) is 0 Å². The number of hydrogen-bond acceptors (Lipinski definition) is 1. The molecule has 1 heterocycles. The summed E-state index contributed by atoms with van der Waals surface area (Å²) in [5.74, 6) is 3.03. The summed E-state index contributed by atoms with van der Waals surface area (Å²) in [5.41, 5.74) is 0. The van der Waals surface area contributed by atoms with Crippen LogP contribution < -0.4 is 5.32 Å². The van der Waals surface area contributed by atoms with Gasteiger partial charge in [-0.3, -0.25) is 0 Å². The third kappa shape index (κ3) is 1.88. The molecule has 44 valence electrons. The zero-order chi connectivity index (χ0) is 5.66. The Morgan fingerprint density at radius 2 is 2.12 bits per heavy atom. The predicted molar refractivity (Wildman–Crippen MR) is 34.2 cm³/mol. The van der Waals surface area contributed by atoms with Gasteiger partial charge < -0.3 is 5.32 Å². The number of hydrogen-bond donors (Lipinski definition) is 1. The second-order valence-electron chi connectivity index (χ2n) is 2.04. The largest absolute Gasteiger partial charge is 0.346 e. The van der Waals surface area contributed by atoms with Gasteiger partial charge in [0.15, 0.2) is 0 Å².